The molecule has 3 aromatic carbocycles. The molecule has 0 heterocycles. The van der Waals surface area contributed by atoms with Crippen LogP contribution in [0.25, 0.3) is 0 Å². The third-order valence-corrected chi connectivity index (χ3v) is 4.00. The van der Waals surface area contributed by atoms with Crippen molar-refractivity contribution in [1.82, 2.24) is 0 Å². The Bertz CT molecular complexity index is 1080. The molecule has 0 aliphatic heterocycles. The number of para-hydroxylation sites is 1. The van der Waals surface area contributed by atoms with Gasteiger partial charge in [0, 0.05) is 19.4 Å². The molecular formula is C23H21BN4O4. The van der Waals surface area contributed by atoms with Crippen LogP contribution in [0.4, 0.5) is 11.4 Å². The molecule has 0 bridgehead atoms. The predicted octanol–water partition coefficient (Wildman–Crippen LogP) is 4.75. The molecule has 0 aliphatic rings. The standard InChI is InChI=1S/C23H21BN4O4/c1-18(29)31-24(32-19(2)30)28(22-16-10-5-11-17-22)27-23(20-12-6-3-7-13-20)26-25-21-14-8-4-9-15-21/h3-17H,1-2H3. The van der Waals surface area contributed by atoms with E-state index in [0.29, 0.717) is 16.9 Å². The van der Waals surface area contributed by atoms with Gasteiger partial charge in [-0.1, -0.05) is 66.7 Å². The summed E-state index contributed by atoms with van der Waals surface area (Å²) in [5.41, 5.74) is 1.82. The molecule has 0 aliphatic carbocycles. The Hall–Kier alpha value is -4.27. The second-order valence-electron chi connectivity index (χ2n) is 6.53. The maximum absolute atomic E-state index is 11.7. The zero-order valence-corrected chi connectivity index (χ0v) is 17.7. The Morgan fingerprint density at radius 2 is 1.25 bits per heavy atom. The van der Waals surface area contributed by atoms with Crippen LogP contribution in [-0.2, 0) is 18.9 Å². The number of hydrazone groups is 1. The van der Waals surface area contributed by atoms with Crippen molar-refractivity contribution in [1.29, 1.82) is 0 Å². The van der Waals surface area contributed by atoms with Crippen molar-refractivity contribution < 1.29 is 18.9 Å². The quantitative estimate of drug-likeness (QED) is 0.178. The Kier molecular flexibility index (Phi) is 7.86. The number of rotatable bonds is 7. The summed E-state index contributed by atoms with van der Waals surface area (Å²) < 4.78 is 10.5. The second kappa shape index (κ2) is 11.2. The average Bonchev–Trinajstić information content (AvgIpc) is 2.80. The molecular weight excluding hydrogens is 407 g/mol. The van der Waals surface area contributed by atoms with Crippen molar-refractivity contribution in [3.63, 3.8) is 0 Å². The minimum absolute atomic E-state index is 0.225. The molecule has 9 heteroatoms. The van der Waals surface area contributed by atoms with Crippen LogP contribution >= 0.6 is 0 Å². The molecule has 0 amide bonds. The SMILES string of the molecule is CC(=O)OB(OC(C)=O)N(N=C(N=Nc1ccccc1)c1ccccc1)c1ccccc1. The van der Waals surface area contributed by atoms with Crippen molar-refractivity contribution in [3.05, 3.63) is 96.6 Å². The summed E-state index contributed by atoms with van der Waals surface area (Å²) in [5, 5.41) is 13.2. The van der Waals surface area contributed by atoms with E-state index >= 15 is 0 Å². The zero-order valence-electron chi connectivity index (χ0n) is 17.7. The van der Waals surface area contributed by atoms with Gasteiger partial charge >= 0.3 is 7.25 Å². The van der Waals surface area contributed by atoms with Crippen LogP contribution in [0.2, 0.25) is 0 Å². The van der Waals surface area contributed by atoms with E-state index in [4.69, 9.17) is 9.31 Å². The number of carbonyl (C=O) groups excluding carboxylic acids is 2. The monoisotopic (exact) mass is 428 g/mol. The molecule has 8 nitrogen and oxygen atoms in total. The molecule has 160 valence electrons. The maximum atomic E-state index is 11.7. The van der Waals surface area contributed by atoms with E-state index in [2.05, 4.69) is 15.3 Å². The normalized spacial score (nSPS) is 11.1. The fourth-order valence-corrected chi connectivity index (χ4v) is 2.64. The molecule has 0 aromatic heterocycles. The molecule has 0 saturated heterocycles. The van der Waals surface area contributed by atoms with Crippen LogP contribution in [0.1, 0.15) is 19.4 Å². The molecule has 32 heavy (non-hydrogen) atoms. The molecule has 0 fully saturated rings. The van der Waals surface area contributed by atoms with E-state index in [1.807, 2.05) is 66.7 Å². The third-order valence-electron chi connectivity index (χ3n) is 4.00. The van der Waals surface area contributed by atoms with E-state index < -0.39 is 19.2 Å². The number of amidine groups is 1. The van der Waals surface area contributed by atoms with Gasteiger partial charge in [0.2, 0.25) is 0 Å². The largest absolute Gasteiger partial charge is 0.764 e. The number of anilines is 1. The van der Waals surface area contributed by atoms with Gasteiger partial charge in [0.25, 0.3) is 11.9 Å². The molecule has 0 atom stereocenters. The number of carbonyl (C=O) groups is 2. The summed E-state index contributed by atoms with van der Waals surface area (Å²) >= 11 is 0. The van der Waals surface area contributed by atoms with Crippen molar-refractivity contribution in [2.24, 2.45) is 15.3 Å². The van der Waals surface area contributed by atoms with E-state index in [-0.39, 0.29) is 5.84 Å². The van der Waals surface area contributed by atoms with E-state index in [9.17, 15) is 9.59 Å². The summed E-state index contributed by atoms with van der Waals surface area (Å²) in [6.45, 7) is 2.44. The lowest BCUT2D eigenvalue weighted by Crippen LogP contribution is -2.44. The highest BCUT2D eigenvalue weighted by Crippen LogP contribution is 2.20. The van der Waals surface area contributed by atoms with Crippen LogP contribution < -0.4 is 4.92 Å². The fourth-order valence-electron chi connectivity index (χ4n) is 2.64. The van der Waals surface area contributed by atoms with Crippen LogP contribution in [0.3, 0.4) is 0 Å². The summed E-state index contributed by atoms with van der Waals surface area (Å²) in [7, 11) is -1.43. The van der Waals surface area contributed by atoms with Gasteiger partial charge < -0.3 is 9.31 Å². The first-order valence-electron chi connectivity index (χ1n) is 9.82. The summed E-state index contributed by atoms with van der Waals surface area (Å²) in [6, 6.07) is 27.2. The Balaban J connectivity index is 2.11. The maximum Gasteiger partial charge on any atom is 0.764 e. The fraction of sp³-hybridized carbons (Fsp3) is 0.0870. The van der Waals surface area contributed by atoms with Gasteiger partial charge in [-0.2, -0.15) is 5.10 Å². The van der Waals surface area contributed by atoms with Gasteiger partial charge in [-0.3, -0.25) is 9.59 Å². The highest BCUT2D eigenvalue weighted by Gasteiger charge is 2.37. The number of hydrogen-bond donors (Lipinski definition) is 0. The van der Waals surface area contributed by atoms with Gasteiger partial charge in [0.05, 0.1) is 11.4 Å². The molecule has 3 rings (SSSR count). The minimum atomic E-state index is -1.43. The second-order valence-corrected chi connectivity index (χ2v) is 6.53. The third kappa shape index (κ3) is 6.63. The van der Waals surface area contributed by atoms with Crippen LogP contribution in [0, 0.1) is 0 Å². The number of azo groups is 1. The number of nitrogens with zero attached hydrogens (tertiary/aromatic N) is 4. The lowest BCUT2D eigenvalue weighted by molar-refractivity contribution is -0.137. The predicted molar refractivity (Wildman–Crippen MR) is 122 cm³/mol. The molecule has 0 saturated carbocycles. The molecule has 0 radical (unpaired) electrons. The van der Waals surface area contributed by atoms with E-state index in [0.717, 1.165) is 0 Å². The number of benzene rings is 3. The highest BCUT2D eigenvalue weighted by atomic mass is 16.7. The summed E-state index contributed by atoms with van der Waals surface area (Å²) in [4.78, 5) is 24.7. The lowest BCUT2D eigenvalue weighted by atomic mass is 10.1. The van der Waals surface area contributed by atoms with Gasteiger partial charge in [0.15, 0.2) is 5.84 Å². The topological polar surface area (TPSA) is 92.9 Å². The van der Waals surface area contributed by atoms with Crippen molar-refractivity contribution in [3.8, 4) is 0 Å². The van der Waals surface area contributed by atoms with E-state index in [1.165, 1.54) is 18.8 Å². The highest BCUT2D eigenvalue weighted by molar-refractivity contribution is 6.53. The smallest absolute Gasteiger partial charge is 0.479 e. The van der Waals surface area contributed by atoms with Crippen LogP contribution in [0.15, 0.2) is 106 Å². The first-order chi connectivity index (χ1) is 15.5. The Labute approximate surface area is 186 Å². The number of hydrogen-bond acceptors (Lipinski definition) is 7. The lowest BCUT2D eigenvalue weighted by Gasteiger charge is -2.23. The van der Waals surface area contributed by atoms with Crippen LogP contribution in [0.5, 0.6) is 0 Å². The molecule has 0 unspecified atom stereocenters. The van der Waals surface area contributed by atoms with Gasteiger partial charge in [-0.15, -0.1) is 10.2 Å². The Morgan fingerprint density at radius 1 is 0.750 bits per heavy atom. The van der Waals surface area contributed by atoms with Crippen molar-refractivity contribution in [2.75, 3.05) is 4.92 Å². The minimum Gasteiger partial charge on any atom is -0.479 e. The van der Waals surface area contributed by atoms with Crippen LogP contribution in [-0.4, -0.2) is 25.0 Å². The van der Waals surface area contributed by atoms with Gasteiger partial charge in [0.1, 0.15) is 0 Å². The van der Waals surface area contributed by atoms with Gasteiger partial charge in [-0.05, 0) is 24.3 Å². The summed E-state index contributed by atoms with van der Waals surface area (Å²) in [5.74, 6) is -1.05. The zero-order chi connectivity index (χ0) is 22.8. The first-order valence-corrected chi connectivity index (χ1v) is 9.82. The molecule has 3 aromatic rings. The summed E-state index contributed by atoms with van der Waals surface area (Å²) in [6.07, 6.45) is 0. The van der Waals surface area contributed by atoms with Crippen molar-refractivity contribution in [2.45, 2.75) is 13.8 Å². The van der Waals surface area contributed by atoms with E-state index in [1.54, 1.807) is 24.3 Å². The average molecular weight is 428 g/mol. The molecule has 0 spiro atoms. The first kappa shape index (κ1) is 22.4. The molecule has 0 N–H and O–H groups in total. The van der Waals surface area contributed by atoms with Gasteiger partial charge in [-0.25, -0.2) is 4.92 Å². The van der Waals surface area contributed by atoms with Crippen molar-refractivity contribution >= 4 is 36.4 Å². The Morgan fingerprint density at radius 3 is 1.78 bits per heavy atom.